The zero-order valence-corrected chi connectivity index (χ0v) is 17.8. The summed E-state index contributed by atoms with van der Waals surface area (Å²) in [4.78, 5) is 26.8. The molecule has 2 amide bonds. The first-order chi connectivity index (χ1) is 13.8. The van der Waals surface area contributed by atoms with Crippen molar-refractivity contribution >= 4 is 17.7 Å². The van der Waals surface area contributed by atoms with Crippen LogP contribution in [0.4, 0.5) is 10.5 Å². The van der Waals surface area contributed by atoms with Gasteiger partial charge in [-0.2, -0.15) is 0 Å². The maximum atomic E-state index is 12.7. The van der Waals surface area contributed by atoms with Gasteiger partial charge in [0.1, 0.15) is 0 Å². The van der Waals surface area contributed by atoms with Crippen LogP contribution in [-0.2, 0) is 9.53 Å². The molecule has 2 N–H and O–H groups in total. The van der Waals surface area contributed by atoms with E-state index in [4.69, 9.17) is 4.74 Å². The number of aliphatic hydroxyl groups excluding tert-OH is 1. The molecule has 0 bridgehead atoms. The lowest BCUT2D eigenvalue weighted by Gasteiger charge is -2.34. The van der Waals surface area contributed by atoms with E-state index in [0.29, 0.717) is 13.0 Å². The van der Waals surface area contributed by atoms with E-state index >= 15 is 0 Å². The summed E-state index contributed by atoms with van der Waals surface area (Å²) in [6.07, 6.45) is 4.23. The quantitative estimate of drug-likeness (QED) is 0.757. The third-order valence-electron chi connectivity index (χ3n) is 5.88. The van der Waals surface area contributed by atoms with Crippen LogP contribution >= 0.6 is 0 Å². The molecule has 29 heavy (non-hydrogen) atoms. The number of para-hydroxylation sites is 1. The first-order valence-corrected chi connectivity index (χ1v) is 10.8. The van der Waals surface area contributed by atoms with Crippen molar-refractivity contribution in [2.45, 2.75) is 77.0 Å². The van der Waals surface area contributed by atoms with E-state index in [2.05, 4.69) is 5.32 Å². The fourth-order valence-electron chi connectivity index (χ4n) is 4.12. The van der Waals surface area contributed by atoms with E-state index in [-0.39, 0.29) is 36.0 Å². The Bertz CT molecular complexity index is 693. The molecule has 0 aliphatic heterocycles. The van der Waals surface area contributed by atoms with Gasteiger partial charge < -0.3 is 15.2 Å². The normalized spacial score (nSPS) is 26.5. The Hall–Kier alpha value is -2.08. The highest BCUT2D eigenvalue weighted by atomic mass is 16.6. The minimum absolute atomic E-state index is 0.0356. The van der Waals surface area contributed by atoms with Crippen LogP contribution in [0.5, 0.6) is 0 Å². The minimum atomic E-state index is -0.395. The van der Waals surface area contributed by atoms with Gasteiger partial charge in [0.25, 0.3) is 0 Å². The third-order valence-corrected chi connectivity index (χ3v) is 5.88. The summed E-state index contributed by atoms with van der Waals surface area (Å²) >= 11 is 0. The second-order valence-electron chi connectivity index (χ2n) is 9.36. The number of hydrogen-bond donors (Lipinski definition) is 2. The molecule has 2 fully saturated rings. The second-order valence-corrected chi connectivity index (χ2v) is 9.36. The molecule has 1 aromatic carbocycles. The standard InChI is InChI=1S/C23H34N2O4/c1-23(2,3)25(18-7-5-4-6-8-18)22(28)29-14-13-16-15-20(16)21(27)24-17-9-11-19(26)12-10-17/h4-8,16-17,19-20,26H,9-15H2,1-3H3,(H,24,27)/t16-,17?,19?,20+/m0/s1. The lowest BCUT2D eigenvalue weighted by molar-refractivity contribution is -0.123. The smallest absolute Gasteiger partial charge is 0.414 e. The number of carbonyl (C=O) groups is 2. The highest BCUT2D eigenvalue weighted by Crippen LogP contribution is 2.41. The fraction of sp³-hybridized carbons (Fsp3) is 0.652. The Kier molecular flexibility index (Phi) is 6.83. The molecule has 0 heterocycles. The lowest BCUT2D eigenvalue weighted by atomic mass is 9.93. The summed E-state index contributed by atoms with van der Waals surface area (Å²) in [5.41, 5.74) is 0.417. The molecular weight excluding hydrogens is 368 g/mol. The molecule has 0 saturated heterocycles. The fourth-order valence-corrected chi connectivity index (χ4v) is 4.12. The van der Waals surface area contributed by atoms with E-state index < -0.39 is 5.54 Å². The number of nitrogens with one attached hydrogen (secondary N) is 1. The van der Waals surface area contributed by atoms with Gasteiger partial charge in [-0.05, 0) is 77.3 Å². The number of anilines is 1. The average Bonchev–Trinajstić information content (AvgIpc) is 3.43. The molecule has 160 valence electrons. The number of aliphatic hydroxyl groups is 1. The number of benzene rings is 1. The minimum Gasteiger partial charge on any atom is -0.449 e. The number of amides is 2. The van der Waals surface area contributed by atoms with Gasteiger partial charge in [-0.3, -0.25) is 9.69 Å². The molecule has 2 aliphatic rings. The van der Waals surface area contributed by atoms with Crippen molar-refractivity contribution in [3.05, 3.63) is 30.3 Å². The monoisotopic (exact) mass is 402 g/mol. The second kappa shape index (κ2) is 9.16. The molecule has 6 nitrogen and oxygen atoms in total. The first-order valence-electron chi connectivity index (χ1n) is 10.8. The molecule has 2 atom stereocenters. The topological polar surface area (TPSA) is 78.9 Å². The van der Waals surface area contributed by atoms with Crippen molar-refractivity contribution in [2.24, 2.45) is 11.8 Å². The average molecular weight is 403 g/mol. The molecular formula is C23H34N2O4. The van der Waals surface area contributed by atoms with Gasteiger partial charge >= 0.3 is 6.09 Å². The largest absolute Gasteiger partial charge is 0.449 e. The van der Waals surface area contributed by atoms with Crippen LogP contribution in [0.1, 0.15) is 59.3 Å². The van der Waals surface area contributed by atoms with Crippen molar-refractivity contribution < 1.29 is 19.4 Å². The Morgan fingerprint density at radius 3 is 2.41 bits per heavy atom. The zero-order valence-electron chi connectivity index (χ0n) is 17.8. The van der Waals surface area contributed by atoms with Gasteiger partial charge in [-0.25, -0.2) is 4.79 Å². The number of rotatable bonds is 6. The Balaban J connectivity index is 1.42. The Labute approximate surface area is 173 Å². The predicted octanol–water partition coefficient (Wildman–Crippen LogP) is 3.87. The number of hydrogen-bond acceptors (Lipinski definition) is 4. The van der Waals surface area contributed by atoms with Gasteiger partial charge in [-0.15, -0.1) is 0 Å². The van der Waals surface area contributed by atoms with Gasteiger partial charge in [0, 0.05) is 23.2 Å². The van der Waals surface area contributed by atoms with Crippen LogP contribution in [0, 0.1) is 11.8 Å². The number of ether oxygens (including phenoxy) is 1. The first kappa shape index (κ1) is 21.6. The van der Waals surface area contributed by atoms with Crippen molar-refractivity contribution in [2.75, 3.05) is 11.5 Å². The highest BCUT2D eigenvalue weighted by molar-refractivity contribution is 5.89. The third kappa shape index (κ3) is 5.95. The Morgan fingerprint density at radius 1 is 1.14 bits per heavy atom. The van der Waals surface area contributed by atoms with Crippen molar-refractivity contribution in [3.8, 4) is 0 Å². The van der Waals surface area contributed by atoms with E-state index in [1.54, 1.807) is 4.90 Å². The molecule has 6 heteroatoms. The summed E-state index contributed by atoms with van der Waals surface area (Å²) < 4.78 is 5.55. The van der Waals surface area contributed by atoms with Crippen molar-refractivity contribution in [1.82, 2.24) is 5.32 Å². The summed E-state index contributed by atoms with van der Waals surface area (Å²) in [5, 5.41) is 12.7. The molecule has 2 aliphatic carbocycles. The van der Waals surface area contributed by atoms with Crippen molar-refractivity contribution in [3.63, 3.8) is 0 Å². The van der Waals surface area contributed by atoms with Crippen LogP contribution < -0.4 is 10.2 Å². The lowest BCUT2D eigenvalue weighted by Crippen LogP contribution is -2.46. The van der Waals surface area contributed by atoms with Crippen molar-refractivity contribution in [1.29, 1.82) is 0 Å². The van der Waals surface area contributed by atoms with Gasteiger partial charge in [0.15, 0.2) is 0 Å². The summed E-state index contributed by atoms with van der Waals surface area (Å²) in [6, 6.07) is 9.72. The summed E-state index contributed by atoms with van der Waals surface area (Å²) in [5.74, 6) is 0.438. The predicted molar refractivity (Wildman–Crippen MR) is 113 cm³/mol. The van der Waals surface area contributed by atoms with Gasteiger partial charge in [-0.1, -0.05) is 18.2 Å². The van der Waals surface area contributed by atoms with Crippen LogP contribution in [-0.4, -0.2) is 41.4 Å². The molecule has 0 radical (unpaired) electrons. The van der Waals surface area contributed by atoms with Gasteiger partial charge in [0.05, 0.1) is 12.7 Å². The highest BCUT2D eigenvalue weighted by Gasteiger charge is 2.43. The molecule has 3 rings (SSSR count). The Morgan fingerprint density at radius 2 is 1.79 bits per heavy atom. The van der Waals surface area contributed by atoms with E-state index in [9.17, 15) is 14.7 Å². The van der Waals surface area contributed by atoms with Crippen LogP contribution in [0.2, 0.25) is 0 Å². The number of carbonyl (C=O) groups excluding carboxylic acids is 2. The van der Waals surface area contributed by atoms with Crippen LogP contribution in [0.15, 0.2) is 30.3 Å². The summed E-state index contributed by atoms with van der Waals surface area (Å²) in [7, 11) is 0. The molecule has 0 aromatic heterocycles. The van der Waals surface area contributed by atoms with Crippen LogP contribution in [0.3, 0.4) is 0 Å². The van der Waals surface area contributed by atoms with E-state index in [0.717, 1.165) is 37.8 Å². The molecule has 0 unspecified atom stereocenters. The molecule has 2 saturated carbocycles. The molecule has 1 aromatic rings. The van der Waals surface area contributed by atoms with E-state index in [1.165, 1.54) is 0 Å². The van der Waals surface area contributed by atoms with E-state index in [1.807, 2.05) is 51.1 Å². The maximum absolute atomic E-state index is 12.7. The van der Waals surface area contributed by atoms with Gasteiger partial charge in [0.2, 0.25) is 5.91 Å². The maximum Gasteiger partial charge on any atom is 0.414 e. The number of nitrogens with zero attached hydrogens (tertiary/aromatic N) is 1. The SMILES string of the molecule is CC(C)(C)N(C(=O)OCC[C@H]1C[C@H]1C(=O)NC1CCC(O)CC1)c1ccccc1. The van der Waals surface area contributed by atoms with Crippen LogP contribution in [0.25, 0.3) is 0 Å². The zero-order chi connectivity index (χ0) is 21.0. The summed E-state index contributed by atoms with van der Waals surface area (Å²) in [6.45, 7) is 6.26. The molecule has 0 spiro atoms.